The van der Waals surface area contributed by atoms with Gasteiger partial charge in [0.2, 0.25) is 21.7 Å². The maximum Gasteiger partial charge on any atom is 0.234 e. The van der Waals surface area contributed by atoms with E-state index in [0.717, 1.165) is 12.0 Å². The molecule has 1 aromatic heterocycles. The summed E-state index contributed by atoms with van der Waals surface area (Å²) in [6, 6.07) is 6.64. The number of benzene rings is 1. The fourth-order valence-electron chi connectivity index (χ4n) is 3.45. The van der Waals surface area contributed by atoms with E-state index < -0.39 is 9.84 Å². The molecule has 0 bridgehead atoms. The van der Waals surface area contributed by atoms with E-state index in [1.807, 2.05) is 17.9 Å². The minimum atomic E-state index is -3.80. The van der Waals surface area contributed by atoms with Crippen molar-refractivity contribution < 1.29 is 17.9 Å². The third kappa shape index (κ3) is 5.93. The van der Waals surface area contributed by atoms with Crippen LogP contribution >= 0.6 is 0 Å². The summed E-state index contributed by atoms with van der Waals surface area (Å²) in [7, 11) is -2.17. The predicted octanol–water partition coefficient (Wildman–Crippen LogP) is 0.475. The Hall–Kier alpha value is -2.76. The van der Waals surface area contributed by atoms with Gasteiger partial charge in [0.1, 0.15) is 10.7 Å². The minimum absolute atomic E-state index is 0.0132. The molecule has 11 heteroatoms. The molecule has 1 fully saturated rings. The molecule has 0 saturated carbocycles. The van der Waals surface area contributed by atoms with Crippen LogP contribution in [0.3, 0.4) is 0 Å². The van der Waals surface area contributed by atoms with Gasteiger partial charge in [0.05, 0.1) is 17.6 Å². The first-order chi connectivity index (χ1) is 15.3. The largest absolute Gasteiger partial charge is 0.385 e. The lowest BCUT2D eigenvalue weighted by Crippen LogP contribution is -2.50. The van der Waals surface area contributed by atoms with Crippen molar-refractivity contribution >= 4 is 27.5 Å². The molecule has 0 aliphatic carbocycles. The lowest BCUT2D eigenvalue weighted by molar-refractivity contribution is -0.122. The number of nitrogens with two attached hydrogens (primary N) is 1. The summed E-state index contributed by atoms with van der Waals surface area (Å²) in [6.45, 7) is 5.92. The number of nitrogens with zero attached hydrogens (tertiary/aromatic N) is 4. The molecule has 1 aromatic carbocycles. The number of hydrogen-bond acceptors (Lipinski definition) is 9. The van der Waals surface area contributed by atoms with Gasteiger partial charge in [-0.25, -0.2) is 13.4 Å². The first kappa shape index (κ1) is 23.9. The maximum absolute atomic E-state index is 12.9. The normalized spacial score (nSPS) is 15.0. The Morgan fingerprint density at radius 2 is 2.00 bits per heavy atom. The molecule has 2 aromatic rings. The Balaban J connectivity index is 1.59. The van der Waals surface area contributed by atoms with Crippen LogP contribution in [0.5, 0.6) is 0 Å². The molecule has 1 amide bonds. The molecule has 174 valence electrons. The van der Waals surface area contributed by atoms with Gasteiger partial charge in [-0.3, -0.25) is 9.69 Å². The van der Waals surface area contributed by atoms with Crippen LogP contribution in [0.2, 0.25) is 0 Å². The first-order valence-electron chi connectivity index (χ1n) is 10.5. The van der Waals surface area contributed by atoms with Crippen molar-refractivity contribution in [2.45, 2.75) is 23.1 Å². The minimum Gasteiger partial charge on any atom is -0.385 e. The van der Waals surface area contributed by atoms with Crippen LogP contribution in [-0.2, 0) is 19.4 Å². The molecule has 3 rings (SSSR count). The lowest BCUT2D eigenvalue weighted by atomic mass is 10.2. The number of aryl methyl sites for hydroxylation is 1. The molecular weight excluding hydrogens is 432 g/mol. The van der Waals surface area contributed by atoms with Crippen LogP contribution in [0.1, 0.15) is 12.0 Å². The molecule has 1 saturated heterocycles. The third-order valence-electron chi connectivity index (χ3n) is 5.23. The van der Waals surface area contributed by atoms with Crippen LogP contribution in [-0.4, -0.2) is 82.2 Å². The molecular formula is C21H30N6O4S. The number of nitrogens with one attached hydrogen (secondary N) is 1. The number of methoxy groups -OCH3 is 1. The van der Waals surface area contributed by atoms with E-state index in [4.69, 9.17) is 10.5 Å². The SMILES string of the molecule is COCCCNC(=O)CN1CCN(c2ncc(S(=O)(=O)c3cccc(C)c3)c(N)n2)CC1. The molecule has 0 atom stereocenters. The van der Waals surface area contributed by atoms with Crippen molar-refractivity contribution in [1.29, 1.82) is 0 Å². The summed E-state index contributed by atoms with van der Waals surface area (Å²) in [4.78, 5) is 24.6. The van der Waals surface area contributed by atoms with Crippen LogP contribution in [0.15, 0.2) is 40.3 Å². The maximum atomic E-state index is 12.9. The molecule has 3 N–H and O–H groups in total. The van der Waals surface area contributed by atoms with Crippen molar-refractivity contribution in [2.75, 3.05) is 63.6 Å². The van der Waals surface area contributed by atoms with E-state index in [2.05, 4.69) is 20.2 Å². The average molecular weight is 463 g/mol. The van der Waals surface area contributed by atoms with Gasteiger partial charge in [-0.15, -0.1) is 0 Å². The van der Waals surface area contributed by atoms with Crippen LogP contribution in [0.4, 0.5) is 11.8 Å². The quantitative estimate of drug-likeness (QED) is 0.511. The highest BCUT2D eigenvalue weighted by Crippen LogP contribution is 2.26. The molecule has 1 aliphatic rings. The average Bonchev–Trinajstić information content (AvgIpc) is 2.77. The highest BCUT2D eigenvalue weighted by atomic mass is 32.2. The Bertz CT molecular complexity index is 1040. The zero-order valence-electron chi connectivity index (χ0n) is 18.5. The second-order valence-corrected chi connectivity index (χ2v) is 9.62. The fraction of sp³-hybridized carbons (Fsp3) is 0.476. The van der Waals surface area contributed by atoms with Crippen molar-refractivity contribution in [1.82, 2.24) is 20.2 Å². The molecule has 0 unspecified atom stereocenters. The lowest BCUT2D eigenvalue weighted by Gasteiger charge is -2.34. The van der Waals surface area contributed by atoms with Gasteiger partial charge in [-0.05, 0) is 31.0 Å². The molecule has 10 nitrogen and oxygen atoms in total. The van der Waals surface area contributed by atoms with E-state index in [1.54, 1.807) is 19.2 Å². The molecule has 0 spiro atoms. The summed E-state index contributed by atoms with van der Waals surface area (Å²) in [6.07, 6.45) is 2.06. The Morgan fingerprint density at radius 3 is 2.66 bits per heavy atom. The Morgan fingerprint density at radius 1 is 1.25 bits per heavy atom. The van der Waals surface area contributed by atoms with E-state index >= 15 is 0 Å². The summed E-state index contributed by atoms with van der Waals surface area (Å²) in [5, 5.41) is 2.88. The number of aromatic nitrogens is 2. The zero-order valence-corrected chi connectivity index (χ0v) is 19.3. The summed E-state index contributed by atoms with van der Waals surface area (Å²) >= 11 is 0. The number of carbonyl (C=O) groups is 1. The standard InChI is InChI=1S/C21H30N6O4S/c1-16-5-3-6-17(13-16)32(29,30)18-14-24-21(25-20(18)22)27-10-8-26(9-11-27)15-19(28)23-7-4-12-31-2/h3,5-6,13-14H,4,7-12,15H2,1-2H3,(H,23,28)(H2,22,24,25). The number of anilines is 2. The highest BCUT2D eigenvalue weighted by Gasteiger charge is 2.25. The van der Waals surface area contributed by atoms with Gasteiger partial charge in [0, 0.05) is 46.4 Å². The van der Waals surface area contributed by atoms with Crippen molar-refractivity contribution in [3.05, 3.63) is 36.0 Å². The summed E-state index contributed by atoms with van der Waals surface area (Å²) < 4.78 is 30.8. The van der Waals surface area contributed by atoms with E-state index in [-0.39, 0.29) is 21.5 Å². The van der Waals surface area contributed by atoms with Crippen molar-refractivity contribution in [3.63, 3.8) is 0 Å². The Labute approximate surface area is 188 Å². The topological polar surface area (TPSA) is 131 Å². The third-order valence-corrected chi connectivity index (χ3v) is 7.00. The molecule has 2 heterocycles. The number of ether oxygens (including phenoxy) is 1. The smallest absolute Gasteiger partial charge is 0.234 e. The molecule has 32 heavy (non-hydrogen) atoms. The van der Waals surface area contributed by atoms with E-state index in [9.17, 15) is 13.2 Å². The number of nitrogen functional groups attached to an aromatic ring is 1. The molecule has 1 aliphatic heterocycles. The highest BCUT2D eigenvalue weighted by molar-refractivity contribution is 7.91. The van der Waals surface area contributed by atoms with Crippen molar-refractivity contribution in [3.8, 4) is 0 Å². The van der Waals surface area contributed by atoms with Gasteiger partial charge in [0.25, 0.3) is 0 Å². The Kier molecular flexibility index (Phi) is 7.99. The second kappa shape index (κ2) is 10.7. The number of hydrogen-bond donors (Lipinski definition) is 2. The number of amides is 1. The summed E-state index contributed by atoms with van der Waals surface area (Å²) in [5.74, 6) is 0.296. The number of sulfone groups is 1. The van der Waals surface area contributed by atoms with Gasteiger partial charge in [-0.1, -0.05) is 12.1 Å². The number of carbonyl (C=O) groups excluding carboxylic acids is 1. The zero-order chi connectivity index (χ0) is 23.1. The van der Waals surface area contributed by atoms with Crippen LogP contribution in [0.25, 0.3) is 0 Å². The van der Waals surface area contributed by atoms with Crippen molar-refractivity contribution in [2.24, 2.45) is 0 Å². The molecule has 0 radical (unpaired) electrons. The van der Waals surface area contributed by atoms with E-state index in [1.165, 1.54) is 12.3 Å². The predicted molar refractivity (Wildman–Crippen MR) is 121 cm³/mol. The first-order valence-corrected chi connectivity index (χ1v) is 12.0. The van der Waals surface area contributed by atoms with Crippen LogP contribution < -0.4 is 16.0 Å². The fourth-order valence-corrected chi connectivity index (χ4v) is 4.82. The van der Waals surface area contributed by atoms with Gasteiger partial charge < -0.3 is 20.7 Å². The number of rotatable bonds is 9. The van der Waals surface area contributed by atoms with Crippen LogP contribution in [0, 0.1) is 6.92 Å². The number of piperazine rings is 1. The monoisotopic (exact) mass is 462 g/mol. The van der Waals surface area contributed by atoms with Gasteiger partial charge in [-0.2, -0.15) is 4.98 Å². The van der Waals surface area contributed by atoms with E-state index in [0.29, 0.717) is 51.8 Å². The van der Waals surface area contributed by atoms with Gasteiger partial charge >= 0.3 is 0 Å². The second-order valence-electron chi connectivity index (χ2n) is 7.70. The summed E-state index contributed by atoms with van der Waals surface area (Å²) in [5.41, 5.74) is 6.86. The van der Waals surface area contributed by atoms with Gasteiger partial charge in [0.15, 0.2) is 0 Å².